The highest BCUT2D eigenvalue weighted by Gasteiger charge is 2.18. The van der Waals surface area contributed by atoms with Gasteiger partial charge in [-0.25, -0.2) is 19.4 Å². The number of aromatic nitrogens is 2. The molecule has 7 heteroatoms. The predicted molar refractivity (Wildman–Crippen MR) is 121 cm³/mol. The summed E-state index contributed by atoms with van der Waals surface area (Å²) in [7, 11) is 1.60. The Balaban J connectivity index is 1.74. The Labute approximate surface area is 180 Å². The monoisotopic (exact) mass is 420 g/mol. The lowest BCUT2D eigenvalue weighted by Crippen LogP contribution is -2.29. The van der Waals surface area contributed by atoms with Crippen molar-refractivity contribution in [3.05, 3.63) is 60.3 Å². The molecule has 0 fully saturated rings. The van der Waals surface area contributed by atoms with Gasteiger partial charge in [-0.15, -0.1) is 0 Å². The van der Waals surface area contributed by atoms with Crippen LogP contribution in [0.5, 0.6) is 5.75 Å². The third-order valence-electron chi connectivity index (χ3n) is 5.19. The van der Waals surface area contributed by atoms with E-state index in [0.29, 0.717) is 29.6 Å². The van der Waals surface area contributed by atoms with E-state index in [4.69, 9.17) is 9.47 Å². The highest BCUT2D eigenvalue weighted by molar-refractivity contribution is 5.98. The predicted octanol–water partition coefficient (Wildman–Crippen LogP) is 5.36. The number of rotatable bonds is 6. The van der Waals surface area contributed by atoms with Crippen molar-refractivity contribution in [1.82, 2.24) is 9.97 Å². The molecule has 1 aliphatic rings. The number of aliphatic imine (C=N–C) groups is 1. The lowest BCUT2D eigenvalue weighted by atomic mass is 10.0. The molecule has 2 heterocycles. The molecule has 0 spiro atoms. The Morgan fingerprint density at radius 1 is 1.16 bits per heavy atom. The maximum Gasteiger partial charge on any atom is 0.211 e. The van der Waals surface area contributed by atoms with Crippen LogP contribution in [-0.2, 0) is 4.74 Å². The molecular formula is C24H25FN4O2. The number of nitrogens with one attached hydrogen (secondary N) is 1. The maximum atomic E-state index is 13.4. The van der Waals surface area contributed by atoms with E-state index in [1.807, 2.05) is 19.1 Å². The van der Waals surface area contributed by atoms with Crippen LogP contribution in [0.2, 0.25) is 0 Å². The standard InChI is InChI=1S/C24H25FN4O2/c1-4-19-6-5-11-31-24(29-19)15(2)28-23-20-12-17(16-7-9-18(25)10-8-16)13-21(30-3)22(20)26-14-27-23/h6-10,12-15H,4-5,11H2,1-3H3,(H,26,27,28). The van der Waals surface area contributed by atoms with Crippen LogP contribution in [0, 0.1) is 5.82 Å². The minimum absolute atomic E-state index is 0.188. The Kier molecular flexibility index (Phi) is 6.11. The molecule has 1 atom stereocenters. The summed E-state index contributed by atoms with van der Waals surface area (Å²) in [4.78, 5) is 13.5. The summed E-state index contributed by atoms with van der Waals surface area (Å²) in [6, 6.07) is 10.0. The molecule has 1 unspecified atom stereocenters. The minimum Gasteiger partial charge on any atom is -0.494 e. The zero-order valence-corrected chi connectivity index (χ0v) is 17.9. The van der Waals surface area contributed by atoms with Gasteiger partial charge in [0, 0.05) is 17.5 Å². The molecule has 31 heavy (non-hydrogen) atoms. The number of hydrogen-bond acceptors (Lipinski definition) is 6. The van der Waals surface area contributed by atoms with E-state index >= 15 is 0 Å². The molecule has 0 radical (unpaired) electrons. The van der Waals surface area contributed by atoms with Crippen LogP contribution >= 0.6 is 0 Å². The normalized spacial score (nSPS) is 14.8. The Morgan fingerprint density at radius 3 is 2.71 bits per heavy atom. The molecule has 2 aromatic carbocycles. The molecular weight excluding hydrogens is 395 g/mol. The van der Waals surface area contributed by atoms with Crippen LogP contribution < -0.4 is 10.1 Å². The number of halogens is 1. The summed E-state index contributed by atoms with van der Waals surface area (Å²) in [5.74, 6) is 1.63. The van der Waals surface area contributed by atoms with Crippen LogP contribution in [0.3, 0.4) is 0 Å². The van der Waals surface area contributed by atoms with Gasteiger partial charge in [0.1, 0.15) is 35.3 Å². The first-order chi connectivity index (χ1) is 15.1. The number of fused-ring (bicyclic) bond motifs is 1. The first-order valence-corrected chi connectivity index (χ1v) is 10.3. The van der Waals surface area contributed by atoms with Gasteiger partial charge in [0.05, 0.1) is 13.7 Å². The van der Waals surface area contributed by atoms with Crippen molar-refractivity contribution in [2.75, 3.05) is 19.0 Å². The van der Waals surface area contributed by atoms with Gasteiger partial charge in [0.15, 0.2) is 0 Å². The second-order valence-corrected chi connectivity index (χ2v) is 7.31. The maximum absolute atomic E-state index is 13.4. The van der Waals surface area contributed by atoms with Gasteiger partial charge in [-0.05, 0) is 48.7 Å². The van der Waals surface area contributed by atoms with Crippen molar-refractivity contribution < 1.29 is 13.9 Å². The van der Waals surface area contributed by atoms with Crippen molar-refractivity contribution >= 4 is 22.6 Å². The molecule has 0 saturated carbocycles. The van der Waals surface area contributed by atoms with Gasteiger partial charge in [-0.3, -0.25) is 0 Å². The summed E-state index contributed by atoms with van der Waals surface area (Å²) >= 11 is 0. The quantitative estimate of drug-likeness (QED) is 0.582. The average molecular weight is 420 g/mol. The van der Waals surface area contributed by atoms with E-state index in [0.717, 1.165) is 35.1 Å². The fraction of sp³-hybridized carbons (Fsp3) is 0.292. The highest BCUT2D eigenvalue weighted by atomic mass is 19.1. The van der Waals surface area contributed by atoms with Gasteiger partial charge in [0.2, 0.25) is 5.90 Å². The molecule has 1 N–H and O–H groups in total. The van der Waals surface area contributed by atoms with Crippen molar-refractivity contribution in [2.24, 2.45) is 4.99 Å². The van der Waals surface area contributed by atoms with E-state index in [1.54, 1.807) is 19.2 Å². The van der Waals surface area contributed by atoms with E-state index in [9.17, 15) is 4.39 Å². The van der Waals surface area contributed by atoms with Gasteiger partial charge in [0.25, 0.3) is 0 Å². The third-order valence-corrected chi connectivity index (χ3v) is 5.19. The molecule has 4 rings (SSSR count). The molecule has 1 aliphatic heterocycles. The SMILES string of the molecule is CCC1=CCCOC(C(C)Nc2ncnc3c(OC)cc(-c4ccc(F)cc4)cc23)=N1. The number of nitrogens with zero attached hydrogens (tertiary/aromatic N) is 3. The zero-order chi connectivity index (χ0) is 21.8. The van der Waals surface area contributed by atoms with E-state index < -0.39 is 0 Å². The second-order valence-electron chi connectivity index (χ2n) is 7.31. The molecule has 0 amide bonds. The van der Waals surface area contributed by atoms with Crippen molar-refractivity contribution in [1.29, 1.82) is 0 Å². The lowest BCUT2D eigenvalue weighted by Gasteiger charge is -2.18. The van der Waals surface area contributed by atoms with E-state index in [2.05, 4.69) is 33.3 Å². The Morgan fingerprint density at radius 2 is 1.97 bits per heavy atom. The number of benzene rings is 2. The fourth-order valence-electron chi connectivity index (χ4n) is 3.54. The van der Waals surface area contributed by atoms with Gasteiger partial charge < -0.3 is 14.8 Å². The molecule has 0 bridgehead atoms. The molecule has 160 valence electrons. The highest BCUT2D eigenvalue weighted by Crippen LogP contribution is 2.34. The molecule has 0 aliphatic carbocycles. The lowest BCUT2D eigenvalue weighted by molar-refractivity contribution is 0.303. The van der Waals surface area contributed by atoms with Crippen LogP contribution in [0.15, 0.2) is 59.5 Å². The van der Waals surface area contributed by atoms with Crippen LogP contribution in [0.1, 0.15) is 26.7 Å². The first kappa shape index (κ1) is 20.8. The average Bonchev–Trinajstić information content (AvgIpc) is 3.05. The number of allylic oxidation sites excluding steroid dienone is 1. The van der Waals surface area contributed by atoms with E-state index in [-0.39, 0.29) is 11.9 Å². The molecule has 6 nitrogen and oxygen atoms in total. The fourth-order valence-corrected chi connectivity index (χ4v) is 3.54. The van der Waals surface area contributed by atoms with Crippen LogP contribution in [0.25, 0.3) is 22.0 Å². The molecule has 1 aromatic heterocycles. The van der Waals surface area contributed by atoms with Crippen LogP contribution in [0.4, 0.5) is 10.2 Å². The second kappa shape index (κ2) is 9.12. The first-order valence-electron chi connectivity index (χ1n) is 10.3. The third kappa shape index (κ3) is 4.50. The van der Waals surface area contributed by atoms with Gasteiger partial charge in [-0.1, -0.05) is 25.1 Å². The topological polar surface area (TPSA) is 68.6 Å². The summed E-state index contributed by atoms with van der Waals surface area (Å²) in [6.45, 7) is 4.67. The van der Waals surface area contributed by atoms with Gasteiger partial charge in [-0.2, -0.15) is 0 Å². The number of methoxy groups -OCH3 is 1. The zero-order valence-electron chi connectivity index (χ0n) is 17.9. The smallest absolute Gasteiger partial charge is 0.211 e. The summed E-state index contributed by atoms with van der Waals surface area (Å²) < 4.78 is 24.8. The molecule has 0 saturated heterocycles. The summed E-state index contributed by atoms with van der Waals surface area (Å²) in [5, 5.41) is 4.22. The van der Waals surface area contributed by atoms with Gasteiger partial charge >= 0.3 is 0 Å². The minimum atomic E-state index is -0.277. The van der Waals surface area contributed by atoms with Crippen molar-refractivity contribution in [3.63, 3.8) is 0 Å². The summed E-state index contributed by atoms with van der Waals surface area (Å²) in [5.41, 5.74) is 3.47. The number of anilines is 1. The van der Waals surface area contributed by atoms with Crippen molar-refractivity contribution in [3.8, 4) is 16.9 Å². The largest absolute Gasteiger partial charge is 0.494 e. The Bertz CT molecular complexity index is 1140. The van der Waals surface area contributed by atoms with E-state index in [1.165, 1.54) is 18.5 Å². The van der Waals surface area contributed by atoms with Crippen LogP contribution in [-0.4, -0.2) is 35.6 Å². The number of hydrogen-bond donors (Lipinski definition) is 1. The number of ether oxygens (including phenoxy) is 2. The van der Waals surface area contributed by atoms with Crippen molar-refractivity contribution in [2.45, 2.75) is 32.7 Å². The Hall–Kier alpha value is -3.48. The molecule has 3 aromatic rings. The summed E-state index contributed by atoms with van der Waals surface area (Å²) in [6.07, 6.45) is 5.32.